The van der Waals surface area contributed by atoms with Gasteiger partial charge in [-0.3, -0.25) is 9.69 Å². The van der Waals surface area contributed by atoms with Gasteiger partial charge in [0.2, 0.25) is 5.91 Å². The Kier molecular flexibility index (Phi) is 5.87. The molecule has 5 nitrogen and oxygen atoms in total. The summed E-state index contributed by atoms with van der Waals surface area (Å²) in [4.78, 5) is 19.2. The molecule has 1 aromatic rings. The topological polar surface area (TPSA) is 44.8 Å². The summed E-state index contributed by atoms with van der Waals surface area (Å²) in [6, 6.07) is 9.35. The third-order valence-electron chi connectivity index (χ3n) is 8.70. The van der Waals surface area contributed by atoms with Crippen molar-refractivity contribution in [2.45, 2.75) is 64.0 Å². The normalized spacial score (nSPS) is 33.5. The molecule has 4 fully saturated rings. The van der Waals surface area contributed by atoms with Gasteiger partial charge in [0.15, 0.2) is 0 Å². The minimum Gasteiger partial charge on any atom is -0.379 e. The van der Waals surface area contributed by atoms with Gasteiger partial charge in [-0.1, -0.05) is 36.8 Å². The summed E-state index contributed by atoms with van der Waals surface area (Å²) >= 11 is 0. The number of amides is 1. The van der Waals surface area contributed by atoms with Gasteiger partial charge in [-0.25, -0.2) is 0 Å². The van der Waals surface area contributed by atoms with Gasteiger partial charge in [-0.05, 0) is 70.0 Å². The number of rotatable bonds is 5. The number of morpholine rings is 1. The van der Waals surface area contributed by atoms with Crippen molar-refractivity contribution < 1.29 is 9.53 Å². The van der Waals surface area contributed by atoms with Crippen molar-refractivity contribution in [1.82, 2.24) is 15.1 Å². The van der Waals surface area contributed by atoms with Crippen molar-refractivity contribution in [3.8, 4) is 0 Å². The highest BCUT2D eigenvalue weighted by Crippen LogP contribution is 2.51. The molecule has 2 aliphatic heterocycles. The number of ether oxygens (including phenoxy) is 1. The molecule has 2 heterocycles. The van der Waals surface area contributed by atoms with Crippen LogP contribution < -0.4 is 5.32 Å². The van der Waals surface area contributed by atoms with Crippen LogP contribution in [0.15, 0.2) is 24.3 Å². The minimum absolute atomic E-state index is 0.127. The predicted molar refractivity (Wildman–Crippen MR) is 123 cm³/mol. The van der Waals surface area contributed by atoms with E-state index in [9.17, 15) is 4.79 Å². The predicted octanol–water partition coefficient (Wildman–Crippen LogP) is 3.31. The van der Waals surface area contributed by atoms with Crippen LogP contribution in [0.3, 0.4) is 0 Å². The van der Waals surface area contributed by atoms with E-state index in [1.807, 2.05) is 0 Å². The molecule has 0 unspecified atom stereocenters. The second-order valence-electron chi connectivity index (χ2n) is 10.5. The largest absolute Gasteiger partial charge is 0.379 e. The summed E-state index contributed by atoms with van der Waals surface area (Å²) in [7, 11) is 0. The van der Waals surface area contributed by atoms with Gasteiger partial charge in [0.1, 0.15) is 0 Å². The van der Waals surface area contributed by atoms with E-state index in [1.165, 1.54) is 17.5 Å². The van der Waals surface area contributed by atoms with Gasteiger partial charge in [0.05, 0.1) is 24.2 Å². The van der Waals surface area contributed by atoms with E-state index >= 15 is 0 Å². The van der Waals surface area contributed by atoms with Gasteiger partial charge < -0.3 is 15.0 Å². The van der Waals surface area contributed by atoms with Crippen molar-refractivity contribution in [1.29, 1.82) is 0 Å². The molecule has 1 amide bonds. The number of fused-ring (bicyclic) bond motifs is 1. The van der Waals surface area contributed by atoms with Crippen LogP contribution in [0.25, 0.3) is 0 Å². The highest BCUT2D eigenvalue weighted by Gasteiger charge is 2.55. The van der Waals surface area contributed by atoms with Crippen LogP contribution in [-0.2, 0) is 15.1 Å². The molecule has 170 valence electrons. The van der Waals surface area contributed by atoms with Gasteiger partial charge in [-0.15, -0.1) is 0 Å². The Labute approximate surface area is 187 Å². The van der Waals surface area contributed by atoms with Gasteiger partial charge in [0.25, 0.3) is 0 Å². The monoisotopic (exact) mass is 425 g/mol. The molecular weight excluding hydrogens is 386 g/mol. The number of piperidine rings is 1. The second kappa shape index (κ2) is 8.49. The molecule has 5 rings (SSSR count). The van der Waals surface area contributed by atoms with Crippen LogP contribution in [0.2, 0.25) is 0 Å². The molecule has 5 heteroatoms. The molecule has 0 aromatic heterocycles. The quantitative estimate of drug-likeness (QED) is 0.786. The molecule has 2 saturated heterocycles. The Morgan fingerprint density at radius 1 is 1.16 bits per heavy atom. The second-order valence-corrected chi connectivity index (χ2v) is 10.5. The average Bonchev–Trinajstić information content (AvgIpc) is 3.59. The zero-order valence-electron chi connectivity index (χ0n) is 19.4. The lowest BCUT2D eigenvalue weighted by Gasteiger charge is -2.53. The Balaban J connectivity index is 1.36. The molecule has 0 bridgehead atoms. The molecule has 4 aliphatic rings. The van der Waals surface area contributed by atoms with E-state index < -0.39 is 0 Å². The Bertz CT molecular complexity index is 802. The lowest BCUT2D eigenvalue weighted by molar-refractivity contribution is -0.146. The Morgan fingerprint density at radius 2 is 1.97 bits per heavy atom. The van der Waals surface area contributed by atoms with Crippen LogP contribution in [0.4, 0.5) is 0 Å². The average molecular weight is 426 g/mol. The van der Waals surface area contributed by atoms with E-state index in [2.05, 4.69) is 53.2 Å². The molecule has 2 saturated carbocycles. The highest BCUT2D eigenvalue weighted by atomic mass is 16.5. The van der Waals surface area contributed by atoms with Crippen molar-refractivity contribution in [3.05, 3.63) is 35.4 Å². The van der Waals surface area contributed by atoms with Crippen molar-refractivity contribution in [2.75, 3.05) is 45.9 Å². The summed E-state index contributed by atoms with van der Waals surface area (Å²) in [6.45, 7) is 11.3. The Morgan fingerprint density at radius 3 is 2.68 bits per heavy atom. The fraction of sp³-hybridized carbons (Fsp3) is 0.731. The summed E-state index contributed by atoms with van der Waals surface area (Å²) in [5.41, 5.74) is 2.21. The molecule has 1 N–H and O–H groups in total. The number of hydrogen-bond acceptors (Lipinski definition) is 4. The summed E-state index contributed by atoms with van der Waals surface area (Å²) in [5, 5.41) is 3.61. The van der Waals surface area contributed by atoms with Crippen LogP contribution >= 0.6 is 0 Å². The van der Waals surface area contributed by atoms with Gasteiger partial charge >= 0.3 is 0 Å². The van der Waals surface area contributed by atoms with Gasteiger partial charge in [0, 0.05) is 25.7 Å². The maximum atomic E-state index is 14.0. The molecule has 2 aliphatic carbocycles. The number of carbonyl (C=O) groups is 1. The number of carbonyl (C=O) groups excluding carboxylic acids is 1. The Hall–Kier alpha value is -1.43. The van der Waals surface area contributed by atoms with Crippen molar-refractivity contribution in [2.24, 2.45) is 11.3 Å². The number of aryl methyl sites for hydroxylation is 1. The maximum absolute atomic E-state index is 14.0. The first-order valence-electron chi connectivity index (χ1n) is 12.5. The summed E-state index contributed by atoms with van der Waals surface area (Å²) < 4.78 is 5.58. The molecular formula is C26H39N3O2. The zero-order valence-corrected chi connectivity index (χ0v) is 19.4. The first-order chi connectivity index (χ1) is 15.0. The fourth-order valence-corrected chi connectivity index (χ4v) is 6.53. The SMILES string of the molecule is CCN1CC[C@@H]2C[C@@H](N3CCOCC3)CC[C@@]2(C(=O)NC2(c3cccc(C)c3)CC2)C1. The van der Waals surface area contributed by atoms with Crippen LogP contribution in [0.1, 0.15) is 56.6 Å². The first kappa shape index (κ1) is 21.4. The molecule has 3 atom stereocenters. The maximum Gasteiger partial charge on any atom is 0.228 e. The third kappa shape index (κ3) is 4.05. The number of benzene rings is 1. The van der Waals surface area contributed by atoms with Crippen LogP contribution in [0.5, 0.6) is 0 Å². The molecule has 0 spiro atoms. The van der Waals surface area contributed by atoms with Gasteiger partial charge in [-0.2, -0.15) is 0 Å². The fourth-order valence-electron chi connectivity index (χ4n) is 6.53. The molecule has 31 heavy (non-hydrogen) atoms. The van der Waals surface area contributed by atoms with E-state index in [4.69, 9.17) is 4.74 Å². The van der Waals surface area contributed by atoms with E-state index in [0.717, 1.165) is 78.0 Å². The number of hydrogen-bond donors (Lipinski definition) is 1. The number of nitrogens with zero attached hydrogens (tertiary/aromatic N) is 2. The summed E-state index contributed by atoms with van der Waals surface area (Å²) in [5.74, 6) is 0.820. The number of likely N-dealkylation sites (tertiary alicyclic amines) is 1. The van der Waals surface area contributed by atoms with E-state index in [1.54, 1.807) is 0 Å². The first-order valence-corrected chi connectivity index (χ1v) is 12.5. The lowest BCUT2D eigenvalue weighted by atomic mass is 9.60. The highest BCUT2D eigenvalue weighted by molar-refractivity contribution is 5.85. The summed E-state index contributed by atoms with van der Waals surface area (Å²) in [6.07, 6.45) is 6.61. The lowest BCUT2D eigenvalue weighted by Crippen LogP contribution is -2.61. The minimum atomic E-state index is -0.226. The standard InChI is InChI=1S/C26H39N3O2/c1-3-28-12-8-21-18-23(29-13-15-31-16-14-29)7-9-25(21,19-28)24(30)27-26(10-11-26)22-6-4-5-20(2)17-22/h4-6,17,21,23H,3,7-16,18-19H2,1-2H3,(H,27,30)/t21-,23+,25-/m1/s1. The third-order valence-corrected chi connectivity index (χ3v) is 8.70. The molecule has 0 radical (unpaired) electrons. The van der Waals surface area contributed by atoms with Crippen LogP contribution in [-0.4, -0.2) is 67.7 Å². The van der Waals surface area contributed by atoms with E-state index in [0.29, 0.717) is 17.9 Å². The van der Waals surface area contributed by atoms with Crippen LogP contribution in [0, 0.1) is 18.3 Å². The van der Waals surface area contributed by atoms with Crippen molar-refractivity contribution in [3.63, 3.8) is 0 Å². The van der Waals surface area contributed by atoms with Crippen molar-refractivity contribution >= 4 is 5.91 Å². The number of nitrogens with one attached hydrogen (secondary N) is 1. The van der Waals surface area contributed by atoms with E-state index in [-0.39, 0.29) is 11.0 Å². The smallest absolute Gasteiger partial charge is 0.228 e. The molecule has 1 aromatic carbocycles. The zero-order chi connectivity index (χ0) is 21.5.